The van der Waals surface area contributed by atoms with Crippen molar-refractivity contribution in [1.82, 2.24) is 0 Å². The van der Waals surface area contributed by atoms with Crippen molar-refractivity contribution in [3.8, 4) is 0 Å². The molecule has 1 aromatic rings. The number of rotatable bonds is 4. The van der Waals surface area contributed by atoms with Gasteiger partial charge in [-0.1, -0.05) is 13.0 Å². The van der Waals surface area contributed by atoms with Crippen molar-refractivity contribution in [3.05, 3.63) is 35.9 Å². The standard InChI is InChI=1S/C13H17NOS/c1-4-5-10(2)13(15)14-11-6-8-12(16-3)9-7-11/h5-9H,4H2,1-3H3,(H,14,15)/b10-5-. The molecule has 3 heteroatoms. The van der Waals surface area contributed by atoms with Gasteiger partial charge in [0.25, 0.3) is 5.91 Å². The first kappa shape index (κ1) is 12.8. The lowest BCUT2D eigenvalue weighted by Gasteiger charge is -2.05. The molecule has 0 spiro atoms. The van der Waals surface area contributed by atoms with Crippen molar-refractivity contribution < 1.29 is 4.79 Å². The molecular weight excluding hydrogens is 218 g/mol. The lowest BCUT2D eigenvalue weighted by Crippen LogP contribution is -2.12. The lowest BCUT2D eigenvalue weighted by molar-refractivity contribution is -0.112. The van der Waals surface area contributed by atoms with E-state index in [1.165, 1.54) is 4.90 Å². The van der Waals surface area contributed by atoms with E-state index in [2.05, 4.69) is 5.32 Å². The maximum Gasteiger partial charge on any atom is 0.250 e. The van der Waals surface area contributed by atoms with Crippen LogP contribution in [-0.4, -0.2) is 12.2 Å². The predicted molar refractivity (Wildman–Crippen MR) is 70.9 cm³/mol. The first-order chi connectivity index (χ1) is 7.67. The lowest BCUT2D eigenvalue weighted by atomic mass is 10.2. The molecule has 0 aromatic heterocycles. The molecule has 0 saturated heterocycles. The van der Waals surface area contributed by atoms with E-state index in [0.29, 0.717) is 0 Å². The molecule has 0 bridgehead atoms. The van der Waals surface area contributed by atoms with E-state index < -0.39 is 0 Å². The zero-order chi connectivity index (χ0) is 12.0. The number of allylic oxidation sites excluding steroid dienone is 1. The van der Waals surface area contributed by atoms with Crippen LogP contribution in [0.1, 0.15) is 20.3 Å². The summed E-state index contributed by atoms with van der Waals surface area (Å²) in [6.07, 6.45) is 4.83. The molecule has 0 fully saturated rings. The third-order valence-electron chi connectivity index (χ3n) is 2.22. The smallest absolute Gasteiger partial charge is 0.250 e. The summed E-state index contributed by atoms with van der Waals surface area (Å²) in [6, 6.07) is 7.84. The van der Waals surface area contributed by atoms with Crippen molar-refractivity contribution in [2.75, 3.05) is 11.6 Å². The zero-order valence-corrected chi connectivity index (χ0v) is 10.7. The van der Waals surface area contributed by atoms with Gasteiger partial charge in [0.1, 0.15) is 0 Å². The first-order valence-electron chi connectivity index (χ1n) is 5.29. The minimum Gasteiger partial charge on any atom is -0.322 e. The summed E-state index contributed by atoms with van der Waals surface area (Å²) in [5.41, 5.74) is 1.60. The maximum absolute atomic E-state index is 11.7. The van der Waals surface area contributed by atoms with Crippen LogP contribution in [-0.2, 0) is 4.79 Å². The quantitative estimate of drug-likeness (QED) is 0.637. The van der Waals surface area contributed by atoms with E-state index in [0.717, 1.165) is 17.7 Å². The molecule has 0 aliphatic rings. The van der Waals surface area contributed by atoms with Crippen LogP contribution in [0.25, 0.3) is 0 Å². The Morgan fingerprint density at radius 2 is 2.00 bits per heavy atom. The highest BCUT2D eigenvalue weighted by Gasteiger charge is 2.03. The Balaban J connectivity index is 2.66. The van der Waals surface area contributed by atoms with Crippen LogP contribution in [0.4, 0.5) is 5.69 Å². The normalized spacial score (nSPS) is 11.3. The number of carbonyl (C=O) groups excluding carboxylic acids is 1. The van der Waals surface area contributed by atoms with Gasteiger partial charge >= 0.3 is 0 Å². The van der Waals surface area contributed by atoms with Gasteiger partial charge in [0.2, 0.25) is 0 Å². The van der Waals surface area contributed by atoms with E-state index >= 15 is 0 Å². The fraction of sp³-hybridized carbons (Fsp3) is 0.308. The van der Waals surface area contributed by atoms with Crippen molar-refractivity contribution in [2.45, 2.75) is 25.2 Å². The summed E-state index contributed by atoms with van der Waals surface area (Å²) in [5, 5.41) is 2.86. The summed E-state index contributed by atoms with van der Waals surface area (Å²) < 4.78 is 0. The molecule has 0 aliphatic carbocycles. The SMILES string of the molecule is CC/C=C(/C)C(=O)Nc1ccc(SC)cc1. The molecular formula is C13H17NOS. The number of hydrogen-bond donors (Lipinski definition) is 1. The van der Waals surface area contributed by atoms with Crippen molar-refractivity contribution >= 4 is 23.4 Å². The van der Waals surface area contributed by atoms with Crippen LogP contribution in [0, 0.1) is 0 Å². The number of nitrogens with one attached hydrogen (secondary N) is 1. The molecule has 0 heterocycles. The van der Waals surface area contributed by atoms with Gasteiger partial charge in [0.05, 0.1) is 0 Å². The average molecular weight is 235 g/mol. The highest BCUT2D eigenvalue weighted by molar-refractivity contribution is 7.98. The molecule has 0 atom stereocenters. The molecule has 1 aromatic carbocycles. The third-order valence-corrected chi connectivity index (χ3v) is 2.96. The largest absolute Gasteiger partial charge is 0.322 e. The Labute approximate surface area is 101 Å². The number of anilines is 1. The van der Waals surface area contributed by atoms with Gasteiger partial charge in [0, 0.05) is 16.2 Å². The number of benzene rings is 1. The molecule has 1 amide bonds. The van der Waals surface area contributed by atoms with Crippen molar-refractivity contribution in [3.63, 3.8) is 0 Å². The molecule has 0 aliphatic heterocycles. The van der Waals surface area contributed by atoms with E-state index in [1.54, 1.807) is 11.8 Å². The van der Waals surface area contributed by atoms with Crippen LogP contribution in [0.3, 0.4) is 0 Å². The van der Waals surface area contributed by atoms with Crippen molar-refractivity contribution in [2.24, 2.45) is 0 Å². The topological polar surface area (TPSA) is 29.1 Å². The Hall–Kier alpha value is -1.22. The van der Waals surface area contributed by atoms with Gasteiger partial charge in [-0.05, 0) is 43.9 Å². The average Bonchev–Trinajstić information content (AvgIpc) is 2.30. The van der Waals surface area contributed by atoms with E-state index in [9.17, 15) is 4.79 Å². The summed E-state index contributed by atoms with van der Waals surface area (Å²) in [6.45, 7) is 3.85. The molecule has 2 nitrogen and oxygen atoms in total. The fourth-order valence-corrected chi connectivity index (χ4v) is 1.71. The molecule has 0 saturated carbocycles. The second-order valence-corrected chi connectivity index (χ2v) is 4.36. The first-order valence-corrected chi connectivity index (χ1v) is 6.52. The van der Waals surface area contributed by atoms with Gasteiger partial charge < -0.3 is 5.32 Å². The minimum atomic E-state index is -0.0289. The van der Waals surface area contributed by atoms with Crippen LogP contribution >= 0.6 is 11.8 Å². The molecule has 0 radical (unpaired) electrons. The van der Waals surface area contributed by atoms with Gasteiger partial charge in [-0.15, -0.1) is 11.8 Å². The van der Waals surface area contributed by atoms with E-state index in [-0.39, 0.29) is 5.91 Å². The number of thioether (sulfide) groups is 1. The predicted octanol–water partition coefficient (Wildman–Crippen LogP) is 3.70. The summed E-state index contributed by atoms with van der Waals surface area (Å²) >= 11 is 1.69. The highest BCUT2D eigenvalue weighted by Crippen LogP contribution is 2.17. The monoisotopic (exact) mass is 235 g/mol. The number of carbonyl (C=O) groups is 1. The van der Waals surface area contributed by atoms with Gasteiger partial charge in [-0.25, -0.2) is 0 Å². The highest BCUT2D eigenvalue weighted by atomic mass is 32.2. The summed E-state index contributed by atoms with van der Waals surface area (Å²) in [4.78, 5) is 12.9. The van der Waals surface area contributed by atoms with Crippen LogP contribution in [0.15, 0.2) is 40.8 Å². The molecule has 16 heavy (non-hydrogen) atoms. The second-order valence-electron chi connectivity index (χ2n) is 3.48. The van der Waals surface area contributed by atoms with Crippen molar-refractivity contribution in [1.29, 1.82) is 0 Å². The molecule has 86 valence electrons. The van der Waals surface area contributed by atoms with Crippen LogP contribution in [0.5, 0.6) is 0 Å². The summed E-state index contributed by atoms with van der Waals surface area (Å²) in [5.74, 6) is -0.0289. The van der Waals surface area contributed by atoms with Gasteiger partial charge in [-0.2, -0.15) is 0 Å². The minimum absolute atomic E-state index is 0.0289. The Bertz CT molecular complexity index is 381. The Kier molecular flexibility index (Phi) is 5.12. The van der Waals surface area contributed by atoms with Gasteiger partial charge in [0.15, 0.2) is 0 Å². The Morgan fingerprint density at radius 3 is 2.50 bits per heavy atom. The fourth-order valence-electron chi connectivity index (χ4n) is 1.30. The number of amides is 1. The molecule has 0 unspecified atom stereocenters. The zero-order valence-electron chi connectivity index (χ0n) is 9.91. The Morgan fingerprint density at radius 1 is 1.38 bits per heavy atom. The van der Waals surface area contributed by atoms with Gasteiger partial charge in [-0.3, -0.25) is 4.79 Å². The third kappa shape index (κ3) is 3.74. The summed E-state index contributed by atoms with van der Waals surface area (Å²) in [7, 11) is 0. The van der Waals surface area contributed by atoms with E-state index in [4.69, 9.17) is 0 Å². The van der Waals surface area contributed by atoms with E-state index in [1.807, 2.05) is 50.4 Å². The maximum atomic E-state index is 11.7. The molecule has 1 rings (SSSR count). The second kappa shape index (κ2) is 6.38. The van der Waals surface area contributed by atoms with Crippen LogP contribution in [0.2, 0.25) is 0 Å². The van der Waals surface area contributed by atoms with Crippen LogP contribution < -0.4 is 5.32 Å². The molecule has 1 N–H and O–H groups in total. The number of hydrogen-bond acceptors (Lipinski definition) is 2.